The number of alkyl halides is 3. The second-order valence-corrected chi connectivity index (χ2v) is 7.26. The van der Waals surface area contributed by atoms with Gasteiger partial charge in [0.25, 0.3) is 5.69 Å². The molecule has 0 bridgehead atoms. The molecule has 1 aliphatic heterocycles. The monoisotopic (exact) mass is 486 g/mol. The summed E-state index contributed by atoms with van der Waals surface area (Å²) < 4.78 is 52.1. The fourth-order valence-electron chi connectivity index (χ4n) is 3.44. The predicted molar refractivity (Wildman–Crippen MR) is 110 cm³/mol. The summed E-state index contributed by atoms with van der Waals surface area (Å²) in [4.78, 5) is 51.1. The van der Waals surface area contributed by atoms with Crippen LogP contribution in [0.15, 0.2) is 40.5 Å². The van der Waals surface area contributed by atoms with E-state index < -0.39 is 47.5 Å². The molecule has 0 aliphatic carbocycles. The first-order chi connectivity index (χ1) is 15.8. The number of carbonyl (C=O) groups excluding carboxylic acids is 3. The molecule has 2 unspecified atom stereocenters. The number of esters is 3. The predicted octanol–water partition coefficient (Wildman–Crippen LogP) is 3.25. The summed E-state index contributed by atoms with van der Waals surface area (Å²) in [6.07, 6.45) is -4.79. The van der Waals surface area contributed by atoms with Gasteiger partial charge < -0.3 is 14.2 Å². The molecule has 10 nitrogen and oxygen atoms in total. The number of ether oxygens (including phenoxy) is 3. The van der Waals surface area contributed by atoms with Gasteiger partial charge in [-0.3, -0.25) is 24.7 Å². The Balaban J connectivity index is 2.50. The van der Waals surface area contributed by atoms with Crippen molar-refractivity contribution in [1.29, 1.82) is 0 Å². The topological polar surface area (TPSA) is 134 Å². The molecule has 1 aliphatic rings. The number of nitro benzene ring substituents is 1. The van der Waals surface area contributed by atoms with Crippen LogP contribution in [0.3, 0.4) is 0 Å². The van der Waals surface area contributed by atoms with Gasteiger partial charge in [0, 0.05) is 36.4 Å². The minimum Gasteiger partial charge on any atom is -0.462 e. The van der Waals surface area contributed by atoms with E-state index in [1.165, 1.54) is 32.0 Å². The van der Waals surface area contributed by atoms with Crippen molar-refractivity contribution in [3.63, 3.8) is 0 Å². The molecule has 184 valence electrons. The van der Waals surface area contributed by atoms with Crippen LogP contribution >= 0.6 is 0 Å². The molecule has 0 radical (unpaired) electrons. The average molecular weight is 486 g/mol. The van der Waals surface area contributed by atoms with Crippen LogP contribution in [-0.4, -0.2) is 54.5 Å². The third kappa shape index (κ3) is 6.86. The zero-order valence-corrected chi connectivity index (χ0v) is 18.4. The van der Waals surface area contributed by atoms with Crippen molar-refractivity contribution >= 4 is 29.3 Å². The highest BCUT2D eigenvalue weighted by atomic mass is 19.4. The molecule has 0 saturated carbocycles. The number of nitrogens with zero attached hydrogens (tertiary/aromatic N) is 2. The Bertz CT molecular complexity index is 1050. The molecule has 1 aromatic rings. The maximum Gasteiger partial charge on any atom is 0.422 e. The standard InChI is InChI=1S/C21H21F3N2O8/c1-11-16(19(28)33-8-7-32-13(3)27)18(14-5-4-6-15(9-14)26(30)31)17(12(2)25-11)20(29)34-10-21(22,23)24/h4-6,9,17-18H,7-8,10H2,1-3H3. The number of hydrogen-bond donors (Lipinski definition) is 0. The van der Waals surface area contributed by atoms with Gasteiger partial charge in [0.2, 0.25) is 0 Å². The molecule has 0 aromatic heterocycles. The zero-order chi connectivity index (χ0) is 25.6. The first-order valence-corrected chi connectivity index (χ1v) is 9.86. The van der Waals surface area contributed by atoms with Crippen molar-refractivity contribution in [3.05, 3.63) is 51.2 Å². The SMILES string of the molecule is CC(=O)OCCOC(=O)C1=C(C)N=C(C)C(C(=O)OCC(F)(F)F)C1c1cccc([N+](=O)[O-])c1. The van der Waals surface area contributed by atoms with Gasteiger partial charge in [-0.1, -0.05) is 12.1 Å². The van der Waals surface area contributed by atoms with Gasteiger partial charge in [-0.25, -0.2) is 4.79 Å². The Labute approximate surface area is 191 Å². The molecule has 1 heterocycles. The summed E-state index contributed by atoms with van der Waals surface area (Å²) in [6, 6.07) is 4.98. The number of hydrogen-bond acceptors (Lipinski definition) is 9. The van der Waals surface area contributed by atoms with E-state index in [9.17, 15) is 37.7 Å². The van der Waals surface area contributed by atoms with Crippen molar-refractivity contribution < 1.29 is 46.7 Å². The van der Waals surface area contributed by atoms with Crippen LogP contribution in [0.2, 0.25) is 0 Å². The van der Waals surface area contributed by atoms with Crippen LogP contribution in [0.5, 0.6) is 0 Å². The summed E-state index contributed by atoms with van der Waals surface area (Å²) in [5.41, 5.74) is -0.295. The Hall–Kier alpha value is -3.77. The van der Waals surface area contributed by atoms with Crippen molar-refractivity contribution in [2.75, 3.05) is 19.8 Å². The maximum absolute atomic E-state index is 12.9. The van der Waals surface area contributed by atoms with Gasteiger partial charge in [-0.15, -0.1) is 0 Å². The number of aliphatic imine (C=N–C) groups is 1. The highest BCUT2D eigenvalue weighted by Crippen LogP contribution is 2.41. The van der Waals surface area contributed by atoms with E-state index in [4.69, 9.17) is 4.74 Å². The fraction of sp³-hybridized carbons (Fsp3) is 0.429. The van der Waals surface area contributed by atoms with E-state index in [1.807, 2.05) is 0 Å². The van der Waals surface area contributed by atoms with Gasteiger partial charge in [0.05, 0.1) is 10.5 Å². The number of benzene rings is 1. The Morgan fingerprint density at radius 1 is 1.12 bits per heavy atom. The molecule has 34 heavy (non-hydrogen) atoms. The minimum atomic E-state index is -4.79. The number of nitro groups is 1. The quantitative estimate of drug-likeness (QED) is 0.180. The summed E-state index contributed by atoms with van der Waals surface area (Å²) >= 11 is 0. The first kappa shape index (κ1) is 26.5. The Morgan fingerprint density at radius 3 is 2.35 bits per heavy atom. The Kier molecular flexibility index (Phi) is 8.49. The number of non-ortho nitro benzene ring substituents is 1. The van der Waals surface area contributed by atoms with Crippen molar-refractivity contribution in [2.45, 2.75) is 32.9 Å². The molecule has 0 amide bonds. The molecule has 0 saturated heterocycles. The van der Waals surface area contributed by atoms with E-state index in [0.29, 0.717) is 0 Å². The molecule has 0 N–H and O–H groups in total. The molecule has 1 aromatic carbocycles. The lowest BCUT2D eigenvalue weighted by atomic mass is 9.75. The number of carbonyl (C=O) groups is 3. The third-order valence-corrected chi connectivity index (χ3v) is 4.74. The normalized spacial score (nSPS) is 18.1. The largest absolute Gasteiger partial charge is 0.462 e. The van der Waals surface area contributed by atoms with Gasteiger partial charge in [0.1, 0.15) is 19.1 Å². The second kappa shape index (κ2) is 10.9. The van der Waals surface area contributed by atoms with Crippen molar-refractivity contribution in [3.8, 4) is 0 Å². The van der Waals surface area contributed by atoms with Crippen LogP contribution in [-0.2, 0) is 28.6 Å². The highest BCUT2D eigenvalue weighted by Gasteiger charge is 2.44. The highest BCUT2D eigenvalue weighted by molar-refractivity contribution is 6.07. The minimum absolute atomic E-state index is 0.0534. The lowest BCUT2D eigenvalue weighted by molar-refractivity contribution is -0.384. The summed E-state index contributed by atoms with van der Waals surface area (Å²) in [7, 11) is 0. The molecule has 13 heteroatoms. The van der Waals surface area contributed by atoms with Crippen LogP contribution in [0.4, 0.5) is 18.9 Å². The molecule has 0 spiro atoms. The lowest BCUT2D eigenvalue weighted by Gasteiger charge is -2.31. The summed E-state index contributed by atoms with van der Waals surface area (Å²) in [5.74, 6) is -5.66. The van der Waals surface area contributed by atoms with Gasteiger partial charge in [-0.2, -0.15) is 13.2 Å². The van der Waals surface area contributed by atoms with E-state index >= 15 is 0 Å². The Morgan fingerprint density at radius 2 is 1.76 bits per heavy atom. The first-order valence-electron chi connectivity index (χ1n) is 9.86. The van der Waals surface area contributed by atoms with E-state index in [1.54, 1.807) is 0 Å². The molecular formula is C21H21F3N2O8. The molecule has 0 fully saturated rings. The lowest BCUT2D eigenvalue weighted by Crippen LogP contribution is -2.38. The summed E-state index contributed by atoms with van der Waals surface area (Å²) in [5, 5.41) is 11.3. The summed E-state index contributed by atoms with van der Waals surface area (Å²) in [6.45, 7) is 1.49. The molecule has 2 rings (SSSR count). The average Bonchev–Trinajstić information content (AvgIpc) is 2.73. The van der Waals surface area contributed by atoms with E-state index in [2.05, 4.69) is 14.5 Å². The molecular weight excluding hydrogens is 465 g/mol. The van der Waals surface area contributed by atoms with Gasteiger partial charge in [0.15, 0.2) is 6.61 Å². The maximum atomic E-state index is 12.9. The fourth-order valence-corrected chi connectivity index (χ4v) is 3.44. The number of allylic oxidation sites excluding steroid dienone is 1. The zero-order valence-electron chi connectivity index (χ0n) is 18.4. The molecule has 2 atom stereocenters. The second-order valence-electron chi connectivity index (χ2n) is 7.26. The smallest absolute Gasteiger partial charge is 0.422 e. The number of halogens is 3. The third-order valence-electron chi connectivity index (χ3n) is 4.74. The van der Waals surface area contributed by atoms with Gasteiger partial charge in [-0.05, 0) is 19.4 Å². The van der Waals surface area contributed by atoms with Crippen LogP contribution < -0.4 is 0 Å². The van der Waals surface area contributed by atoms with E-state index in [0.717, 1.165) is 13.0 Å². The van der Waals surface area contributed by atoms with E-state index in [-0.39, 0.29) is 41.4 Å². The van der Waals surface area contributed by atoms with Crippen LogP contribution in [0.25, 0.3) is 0 Å². The van der Waals surface area contributed by atoms with Gasteiger partial charge >= 0.3 is 24.1 Å². The van der Waals surface area contributed by atoms with Crippen molar-refractivity contribution in [2.24, 2.45) is 10.9 Å². The van der Waals surface area contributed by atoms with Crippen LogP contribution in [0.1, 0.15) is 32.3 Å². The number of rotatable bonds is 8. The van der Waals surface area contributed by atoms with Crippen molar-refractivity contribution in [1.82, 2.24) is 0 Å². The van der Waals surface area contributed by atoms with Crippen LogP contribution in [0, 0.1) is 16.0 Å².